The van der Waals surface area contributed by atoms with Crippen molar-refractivity contribution in [3.63, 3.8) is 0 Å². The molecule has 1 spiro atoms. The molecule has 1 N–H and O–H groups in total. The second-order valence-electron chi connectivity index (χ2n) is 9.35. The molecule has 6 rings (SSSR count). The molecule has 3 fully saturated rings. The Hall–Kier alpha value is -3.59. The summed E-state index contributed by atoms with van der Waals surface area (Å²) >= 11 is 0. The lowest BCUT2D eigenvalue weighted by atomic mass is 9.75. The number of nitrogens with zero attached hydrogens (tertiary/aromatic N) is 3. The first-order valence-electron chi connectivity index (χ1n) is 11.1. The zero-order valence-electron chi connectivity index (χ0n) is 18.2. The molecule has 0 radical (unpaired) electrons. The van der Waals surface area contributed by atoms with Crippen LogP contribution in [0.2, 0.25) is 0 Å². The molecule has 3 amide bonds. The van der Waals surface area contributed by atoms with E-state index >= 15 is 0 Å². The molecule has 9 heteroatoms. The van der Waals surface area contributed by atoms with E-state index in [1.807, 2.05) is 26.0 Å². The van der Waals surface area contributed by atoms with Gasteiger partial charge in [0, 0.05) is 29.4 Å². The molecular weight excluding hydrogens is 424 g/mol. The highest BCUT2D eigenvalue weighted by Crippen LogP contribution is 2.61. The number of nitro groups is 1. The number of nitrogens with one attached hydrogen (secondary N) is 1. The van der Waals surface area contributed by atoms with Crippen molar-refractivity contribution in [3.05, 3.63) is 63.2 Å². The van der Waals surface area contributed by atoms with E-state index < -0.39 is 28.2 Å². The van der Waals surface area contributed by atoms with Crippen LogP contribution < -0.4 is 10.2 Å². The number of nitro benzene ring substituents is 1. The Morgan fingerprint density at radius 3 is 2.67 bits per heavy atom. The van der Waals surface area contributed by atoms with E-state index in [4.69, 9.17) is 0 Å². The van der Waals surface area contributed by atoms with Crippen LogP contribution in [-0.4, -0.2) is 40.1 Å². The molecule has 0 bridgehead atoms. The van der Waals surface area contributed by atoms with E-state index in [-0.39, 0.29) is 29.2 Å². The Bertz CT molecular complexity index is 1290. The van der Waals surface area contributed by atoms with E-state index in [2.05, 4.69) is 10.2 Å². The molecule has 0 saturated carbocycles. The summed E-state index contributed by atoms with van der Waals surface area (Å²) in [5.41, 5.74) is 2.18. The number of non-ortho nitro benzene ring substituents is 1. The number of fused-ring (bicyclic) bond motifs is 7. The fourth-order valence-corrected chi connectivity index (χ4v) is 6.52. The molecule has 3 saturated heterocycles. The lowest BCUT2D eigenvalue weighted by Crippen LogP contribution is -2.54. The maximum absolute atomic E-state index is 13.9. The molecule has 33 heavy (non-hydrogen) atoms. The van der Waals surface area contributed by atoms with Crippen molar-refractivity contribution >= 4 is 34.8 Å². The van der Waals surface area contributed by atoms with Crippen LogP contribution in [0.3, 0.4) is 0 Å². The second-order valence-corrected chi connectivity index (χ2v) is 9.35. The normalized spacial score (nSPS) is 30.1. The van der Waals surface area contributed by atoms with Crippen LogP contribution in [0.4, 0.5) is 17.1 Å². The molecule has 4 aliphatic rings. The molecule has 168 valence electrons. The Morgan fingerprint density at radius 2 is 1.91 bits per heavy atom. The molecule has 4 heterocycles. The van der Waals surface area contributed by atoms with Crippen molar-refractivity contribution in [1.29, 1.82) is 0 Å². The molecule has 4 aliphatic heterocycles. The fraction of sp³-hybridized carbons (Fsp3) is 0.375. The van der Waals surface area contributed by atoms with Crippen LogP contribution in [0.5, 0.6) is 0 Å². The average Bonchev–Trinajstić information content (AvgIpc) is 3.49. The van der Waals surface area contributed by atoms with Gasteiger partial charge < -0.3 is 5.32 Å². The number of hydrogen-bond acceptors (Lipinski definition) is 6. The Kier molecular flexibility index (Phi) is 3.93. The highest BCUT2D eigenvalue weighted by atomic mass is 16.6. The van der Waals surface area contributed by atoms with Gasteiger partial charge in [-0.15, -0.1) is 0 Å². The summed E-state index contributed by atoms with van der Waals surface area (Å²) < 4.78 is 0. The van der Waals surface area contributed by atoms with Gasteiger partial charge in [0.1, 0.15) is 5.54 Å². The van der Waals surface area contributed by atoms with E-state index in [0.29, 0.717) is 6.54 Å². The van der Waals surface area contributed by atoms with Crippen molar-refractivity contribution in [3.8, 4) is 0 Å². The number of carbonyl (C=O) groups is 3. The number of hydrogen-bond donors (Lipinski definition) is 1. The van der Waals surface area contributed by atoms with Crippen molar-refractivity contribution in [2.75, 3.05) is 16.8 Å². The first kappa shape index (κ1) is 20.0. The summed E-state index contributed by atoms with van der Waals surface area (Å²) in [6.45, 7) is 4.55. The maximum atomic E-state index is 13.9. The predicted molar refractivity (Wildman–Crippen MR) is 119 cm³/mol. The monoisotopic (exact) mass is 446 g/mol. The van der Waals surface area contributed by atoms with Crippen molar-refractivity contribution in [1.82, 2.24) is 4.90 Å². The van der Waals surface area contributed by atoms with Gasteiger partial charge in [0.25, 0.3) is 5.69 Å². The van der Waals surface area contributed by atoms with Gasteiger partial charge in [-0.3, -0.25) is 29.4 Å². The first-order chi connectivity index (χ1) is 15.8. The molecule has 0 aliphatic carbocycles. The van der Waals surface area contributed by atoms with E-state index in [1.165, 1.54) is 24.3 Å². The van der Waals surface area contributed by atoms with Crippen molar-refractivity contribution in [2.45, 2.75) is 38.3 Å². The largest absolute Gasteiger partial charge is 0.324 e. The highest BCUT2D eigenvalue weighted by molar-refractivity contribution is 6.26. The fourth-order valence-electron chi connectivity index (χ4n) is 6.52. The molecule has 2 aromatic rings. The number of imide groups is 1. The van der Waals surface area contributed by atoms with Gasteiger partial charge in [0.15, 0.2) is 0 Å². The third-order valence-electron chi connectivity index (χ3n) is 8.00. The summed E-state index contributed by atoms with van der Waals surface area (Å²) in [7, 11) is 0. The number of aryl methyl sites for hydroxylation is 1. The van der Waals surface area contributed by atoms with Gasteiger partial charge in [0.2, 0.25) is 17.7 Å². The topological polar surface area (TPSA) is 113 Å². The minimum Gasteiger partial charge on any atom is -0.324 e. The average molecular weight is 446 g/mol. The molecule has 9 nitrogen and oxygen atoms in total. The third-order valence-corrected chi connectivity index (χ3v) is 8.00. The first-order valence-corrected chi connectivity index (χ1v) is 11.1. The number of benzene rings is 2. The van der Waals surface area contributed by atoms with Gasteiger partial charge in [-0.2, -0.15) is 0 Å². The smallest absolute Gasteiger partial charge is 0.271 e. The van der Waals surface area contributed by atoms with E-state index in [0.717, 1.165) is 40.1 Å². The summed E-state index contributed by atoms with van der Waals surface area (Å²) in [5, 5.41) is 14.3. The van der Waals surface area contributed by atoms with Crippen LogP contribution in [0, 0.1) is 35.8 Å². The van der Waals surface area contributed by atoms with Gasteiger partial charge >= 0.3 is 0 Å². The zero-order valence-corrected chi connectivity index (χ0v) is 18.2. The van der Waals surface area contributed by atoms with Crippen LogP contribution in [0.15, 0.2) is 36.4 Å². The quantitative estimate of drug-likeness (QED) is 0.431. The van der Waals surface area contributed by atoms with Crippen molar-refractivity contribution < 1.29 is 19.3 Å². The predicted octanol–water partition coefficient (Wildman–Crippen LogP) is 2.64. The van der Waals surface area contributed by atoms with Gasteiger partial charge in [0.05, 0.1) is 22.4 Å². The molecule has 0 aromatic heterocycles. The van der Waals surface area contributed by atoms with Gasteiger partial charge in [-0.25, -0.2) is 4.90 Å². The summed E-state index contributed by atoms with van der Waals surface area (Å²) in [6.07, 6.45) is 1.56. The summed E-state index contributed by atoms with van der Waals surface area (Å²) in [5.74, 6) is -2.67. The number of amides is 3. The lowest BCUT2D eigenvalue weighted by Gasteiger charge is -2.36. The Morgan fingerprint density at radius 1 is 1.12 bits per heavy atom. The highest BCUT2D eigenvalue weighted by Gasteiger charge is 2.74. The minimum atomic E-state index is -1.25. The second kappa shape index (κ2) is 6.48. The van der Waals surface area contributed by atoms with Crippen LogP contribution in [-0.2, 0) is 19.9 Å². The maximum Gasteiger partial charge on any atom is 0.271 e. The minimum absolute atomic E-state index is 0.173. The van der Waals surface area contributed by atoms with Gasteiger partial charge in [-0.05, 0) is 50.4 Å². The standard InChI is InChI=1S/C24H22N4O5/c1-12-8-9-16-20(13(12)2)25-23(31)24(16)19-18(17-7-4-10-26(17)24)21(29)27(22(19)30)14-5-3-6-15(11-14)28(32)33/h3,5-6,8-9,11,17-19H,4,7,10H2,1-2H3,(H,25,31)/t17-,18-,19-,24+/m1/s1. The SMILES string of the molecule is Cc1ccc2c(c1C)NC(=O)[C@@]21[C@H]2C(=O)N(c3cccc([N+](=O)[O-])c3)C(=O)[C@@H]2[C@H]2CCCN21. The number of anilines is 2. The van der Waals surface area contributed by atoms with Gasteiger partial charge in [-0.1, -0.05) is 18.2 Å². The summed E-state index contributed by atoms with van der Waals surface area (Å²) in [4.78, 5) is 55.2. The number of rotatable bonds is 2. The van der Waals surface area contributed by atoms with Crippen LogP contribution >= 0.6 is 0 Å². The summed E-state index contributed by atoms with van der Waals surface area (Å²) in [6, 6.07) is 9.18. The molecule has 2 aromatic carbocycles. The number of carbonyl (C=O) groups excluding carboxylic acids is 3. The third kappa shape index (κ3) is 2.27. The molecular formula is C24H22N4O5. The zero-order chi connectivity index (χ0) is 23.2. The Balaban J connectivity index is 1.55. The molecule has 4 atom stereocenters. The lowest BCUT2D eigenvalue weighted by molar-refractivity contribution is -0.384. The Labute approximate surface area is 189 Å². The van der Waals surface area contributed by atoms with Crippen LogP contribution in [0.1, 0.15) is 29.5 Å². The van der Waals surface area contributed by atoms with E-state index in [1.54, 1.807) is 0 Å². The molecule has 0 unspecified atom stereocenters. The van der Waals surface area contributed by atoms with Crippen LogP contribution in [0.25, 0.3) is 0 Å². The van der Waals surface area contributed by atoms with Crippen molar-refractivity contribution in [2.24, 2.45) is 11.8 Å². The van der Waals surface area contributed by atoms with E-state index in [9.17, 15) is 24.5 Å².